The Kier molecular flexibility index (Phi) is 5.23. The minimum atomic E-state index is -0.905. The van der Waals surface area contributed by atoms with Crippen molar-refractivity contribution in [2.75, 3.05) is 13.2 Å². The first kappa shape index (κ1) is 17.9. The molecule has 0 saturated heterocycles. The van der Waals surface area contributed by atoms with Crippen molar-refractivity contribution in [3.8, 4) is 5.75 Å². The number of rotatable bonds is 6. The van der Waals surface area contributed by atoms with Crippen LogP contribution >= 0.6 is 11.6 Å². The molecule has 2 aromatic rings. The highest BCUT2D eigenvalue weighted by Gasteiger charge is 2.40. The number of hydrogen-bond acceptors (Lipinski definition) is 4. The predicted octanol–water partition coefficient (Wildman–Crippen LogP) is 2.52. The molecule has 0 fully saturated rings. The predicted molar refractivity (Wildman–Crippen MR) is 96.4 cm³/mol. The maximum atomic E-state index is 12.4. The van der Waals surface area contributed by atoms with Gasteiger partial charge >= 0.3 is 0 Å². The molecule has 0 spiro atoms. The molecule has 0 radical (unpaired) electrons. The maximum absolute atomic E-state index is 12.4. The Morgan fingerprint density at radius 1 is 1.08 bits per heavy atom. The van der Waals surface area contributed by atoms with Gasteiger partial charge in [-0.3, -0.25) is 19.3 Å². The summed E-state index contributed by atoms with van der Waals surface area (Å²) in [6, 6.07) is 12.5. The van der Waals surface area contributed by atoms with E-state index in [2.05, 4.69) is 5.32 Å². The van der Waals surface area contributed by atoms with E-state index in [0.717, 1.165) is 4.90 Å². The van der Waals surface area contributed by atoms with Crippen LogP contribution in [0.1, 0.15) is 27.6 Å². The molecule has 0 bridgehead atoms. The van der Waals surface area contributed by atoms with E-state index in [0.29, 0.717) is 21.9 Å². The number of benzene rings is 2. The van der Waals surface area contributed by atoms with Gasteiger partial charge in [-0.2, -0.15) is 0 Å². The molecule has 0 aromatic heterocycles. The summed E-state index contributed by atoms with van der Waals surface area (Å²) in [6.45, 7) is 2.02. The number of ether oxygens (including phenoxy) is 1. The third kappa shape index (κ3) is 3.55. The fraction of sp³-hybridized carbons (Fsp3) is 0.211. The van der Waals surface area contributed by atoms with Crippen LogP contribution in [0.5, 0.6) is 5.75 Å². The summed E-state index contributed by atoms with van der Waals surface area (Å²) in [7, 11) is 0. The number of amides is 3. The second-order valence-electron chi connectivity index (χ2n) is 5.80. The minimum absolute atomic E-state index is 0.245. The smallest absolute Gasteiger partial charge is 0.262 e. The van der Waals surface area contributed by atoms with Crippen LogP contribution in [-0.4, -0.2) is 41.8 Å². The van der Waals surface area contributed by atoms with Crippen molar-refractivity contribution < 1.29 is 19.1 Å². The largest absolute Gasteiger partial charge is 0.492 e. The average Bonchev–Trinajstić information content (AvgIpc) is 2.90. The monoisotopic (exact) mass is 372 g/mol. The van der Waals surface area contributed by atoms with E-state index in [4.69, 9.17) is 16.3 Å². The second-order valence-corrected chi connectivity index (χ2v) is 6.23. The lowest BCUT2D eigenvalue weighted by molar-refractivity contribution is -0.124. The SMILES string of the molecule is CC(C(=O)NCCOc1ccc(Cl)cc1)N1C(=O)c2ccccc2C1=O. The van der Waals surface area contributed by atoms with Crippen LogP contribution in [0.4, 0.5) is 0 Å². The highest BCUT2D eigenvalue weighted by atomic mass is 35.5. The quantitative estimate of drug-likeness (QED) is 0.624. The Morgan fingerprint density at radius 3 is 2.23 bits per heavy atom. The van der Waals surface area contributed by atoms with Crippen molar-refractivity contribution in [1.82, 2.24) is 10.2 Å². The molecule has 1 unspecified atom stereocenters. The highest BCUT2D eigenvalue weighted by molar-refractivity contribution is 6.30. The molecule has 134 valence electrons. The van der Waals surface area contributed by atoms with E-state index < -0.39 is 23.8 Å². The van der Waals surface area contributed by atoms with Crippen molar-refractivity contribution in [1.29, 1.82) is 0 Å². The second kappa shape index (κ2) is 7.58. The fourth-order valence-corrected chi connectivity index (χ4v) is 2.82. The molecule has 3 amide bonds. The molecule has 3 rings (SSSR count). The number of nitrogens with zero attached hydrogens (tertiary/aromatic N) is 1. The molecule has 1 N–H and O–H groups in total. The molecule has 0 saturated carbocycles. The van der Waals surface area contributed by atoms with Gasteiger partial charge < -0.3 is 10.1 Å². The summed E-state index contributed by atoms with van der Waals surface area (Å²) < 4.78 is 5.49. The number of fused-ring (bicyclic) bond motifs is 1. The molecule has 7 heteroatoms. The van der Waals surface area contributed by atoms with Gasteiger partial charge in [-0.05, 0) is 43.3 Å². The lowest BCUT2D eigenvalue weighted by Crippen LogP contribution is -2.48. The summed E-state index contributed by atoms with van der Waals surface area (Å²) in [5, 5.41) is 3.28. The van der Waals surface area contributed by atoms with Crippen LogP contribution in [-0.2, 0) is 4.79 Å². The summed E-state index contributed by atoms with van der Waals surface area (Å²) in [5.74, 6) is -0.687. The van der Waals surface area contributed by atoms with Gasteiger partial charge in [-0.25, -0.2) is 0 Å². The van der Waals surface area contributed by atoms with Crippen LogP contribution in [0.2, 0.25) is 5.02 Å². The first-order chi connectivity index (χ1) is 12.5. The Morgan fingerprint density at radius 2 is 1.65 bits per heavy atom. The maximum Gasteiger partial charge on any atom is 0.262 e. The summed E-state index contributed by atoms with van der Waals surface area (Å²) in [5.41, 5.74) is 0.645. The van der Waals surface area contributed by atoms with Crippen LogP contribution in [0.25, 0.3) is 0 Å². The molecule has 1 aliphatic heterocycles. The summed E-state index contributed by atoms with van der Waals surface area (Å²) in [6.07, 6.45) is 0. The number of nitrogens with one attached hydrogen (secondary N) is 1. The number of carbonyl (C=O) groups is 3. The Labute approximate surface area is 155 Å². The van der Waals surface area contributed by atoms with Crippen molar-refractivity contribution in [3.05, 3.63) is 64.7 Å². The van der Waals surface area contributed by atoms with E-state index >= 15 is 0 Å². The van der Waals surface area contributed by atoms with Gasteiger partial charge in [0, 0.05) is 5.02 Å². The third-order valence-corrected chi connectivity index (χ3v) is 4.33. The van der Waals surface area contributed by atoms with E-state index in [-0.39, 0.29) is 13.2 Å². The normalized spacial score (nSPS) is 14.2. The number of hydrogen-bond donors (Lipinski definition) is 1. The van der Waals surface area contributed by atoms with E-state index in [1.54, 1.807) is 48.5 Å². The van der Waals surface area contributed by atoms with Gasteiger partial charge in [-0.1, -0.05) is 23.7 Å². The molecule has 1 atom stereocenters. The number of halogens is 1. The van der Waals surface area contributed by atoms with E-state index in [9.17, 15) is 14.4 Å². The lowest BCUT2D eigenvalue weighted by Gasteiger charge is -2.21. The molecule has 26 heavy (non-hydrogen) atoms. The van der Waals surface area contributed by atoms with Gasteiger partial charge in [0.15, 0.2) is 0 Å². The molecule has 1 heterocycles. The van der Waals surface area contributed by atoms with Crippen LogP contribution in [0.3, 0.4) is 0 Å². The first-order valence-electron chi connectivity index (χ1n) is 8.12. The Hall–Kier alpha value is -2.86. The van der Waals surface area contributed by atoms with Crippen molar-refractivity contribution in [2.45, 2.75) is 13.0 Å². The van der Waals surface area contributed by atoms with E-state index in [1.165, 1.54) is 6.92 Å². The summed E-state index contributed by atoms with van der Waals surface area (Å²) >= 11 is 5.80. The minimum Gasteiger partial charge on any atom is -0.492 e. The molecular formula is C19H17ClN2O4. The molecule has 1 aliphatic rings. The first-order valence-corrected chi connectivity index (χ1v) is 8.50. The number of imide groups is 1. The zero-order chi connectivity index (χ0) is 18.7. The van der Waals surface area contributed by atoms with Crippen LogP contribution in [0.15, 0.2) is 48.5 Å². The molecule has 6 nitrogen and oxygen atoms in total. The standard InChI is InChI=1S/C19H17ClN2O4/c1-12(22-18(24)15-4-2-3-5-16(15)19(22)25)17(23)21-10-11-26-14-8-6-13(20)7-9-14/h2-9,12H,10-11H2,1H3,(H,21,23). The van der Waals surface area contributed by atoms with Gasteiger partial charge in [0.25, 0.3) is 11.8 Å². The average molecular weight is 373 g/mol. The van der Waals surface area contributed by atoms with Crippen LogP contribution < -0.4 is 10.1 Å². The molecular weight excluding hydrogens is 356 g/mol. The van der Waals surface area contributed by atoms with Crippen molar-refractivity contribution in [3.63, 3.8) is 0 Å². The fourth-order valence-electron chi connectivity index (χ4n) is 2.70. The Bertz CT molecular complexity index is 816. The Balaban J connectivity index is 1.53. The van der Waals surface area contributed by atoms with Gasteiger partial charge in [0.2, 0.25) is 5.91 Å². The number of carbonyl (C=O) groups excluding carboxylic acids is 3. The zero-order valence-corrected chi connectivity index (χ0v) is 14.8. The van der Waals surface area contributed by atoms with Crippen molar-refractivity contribution >= 4 is 29.3 Å². The van der Waals surface area contributed by atoms with E-state index in [1.807, 2.05) is 0 Å². The molecule has 0 aliphatic carbocycles. The van der Waals surface area contributed by atoms with Crippen LogP contribution in [0, 0.1) is 0 Å². The summed E-state index contributed by atoms with van der Waals surface area (Å²) in [4.78, 5) is 38.1. The zero-order valence-electron chi connectivity index (χ0n) is 14.1. The van der Waals surface area contributed by atoms with Gasteiger partial charge in [-0.15, -0.1) is 0 Å². The van der Waals surface area contributed by atoms with Gasteiger partial charge in [0.1, 0.15) is 18.4 Å². The van der Waals surface area contributed by atoms with Gasteiger partial charge in [0.05, 0.1) is 17.7 Å². The topological polar surface area (TPSA) is 75.7 Å². The lowest BCUT2D eigenvalue weighted by atomic mass is 10.1. The molecule has 2 aromatic carbocycles. The highest BCUT2D eigenvalue weighted by Crippen LogP contribution is 2.24. The third-order valence-electron chi connectivity index (χ3n) is 4.08. The van der Waals surface area contributed by atoms with Crippen molar-refractivity contribution in [2.24, 2.45) is 0 Å².